The molecule has 6 nitrogen and oxygen atoms in total. The van der Waals surface area contributed by atoms with Crippen LogP contribution in [-0.4, -0.2) is 22.6 Å². The van der Waals surface area contributed by atoms with Crippen molar-refractivity contribution >= 4 is 11.9 Å². The molecule has 0 fully saturated rings. The van der Waals surface area contributed by atoms with Crippen molar-refractivity contribution in [1.82, 2.24) is 10.1 Å². The largest absolute Gasteiger partial charge is 0.328 e. The summed E-state index contributed by atoms with van der Waals surface area (Å²) >= 11 is 0. The van der Waals surface area contributed by atoms with Crippen LogP contribution in [0.3, 0.4) is 0 Å². The Labute approximate surface area is 114 Å². The summed E-state index contributed by atoms with van der Waals surface area (Å²) in [5.74, 6) is 4.35. The van der Waals surface area contributed by atoms with Gasteiger partial charge in [0.25, 0.3) is 5.91 Å². The predicted molar refractivity (Wildman–Crippen MR) is 69.3 cm³/mol. The van der Waals surface area contributed by atoms with Crippen molar-refractivity contribution < 1.29 is 13.7 Å². The van der Waals surface area contributed by atoms with Gasteiger partial charge >= 0.3 is 6.01 Å². The SMILES string of the molecule is Cc1noc(NC(=O)c2cc(C#CCN)ccc2F)n1. The van der Waals surface area contributed by atoms with Crippen LogP contribution in [-0.2, 0) is 0 Å². The van der Waals surface area contributed by atoms with Crippen LogP contribution in [0.1, 0.15) is 21.7 Å². The molecule has 1 aromatic carbocycles. The zero-order chi connectivity index (χ0) is 14.5. The van der Waals surface area contributed by atoms with Gasteiger partial charge in [0.1, 0.15) is 5.82 Å². The maximum atomic E-state index is 13.6. The molecule has 102 valence electrons. The molecule has 2 rings (SSSR count). The molecule has 0 aliphatic rings. The van der Waals surface area contributed by atoms with E-state index in [4.69, 9.17) is 10.3 Å². The minimum absolute atomic E-state index is 0.0923. The number of nitrogens with two attached hydrogens (primary N) is 1. The Kier molecular flexibility index (Phi) is 4.08. The fourth-order valence-corrected chi connectivity index (χ4v) is 1.44. The van der Waals surface area contributed by atoms with Crippen molar-refractivity contribution in [2.45, 2.75) is 6.92 Å². The van der Waals surface area contributed by atoms with Gasteiger partial charge in [0.05, 0.1) is 12.1 Å². The van der Waals surface area contributed by atoms with Crippen molar-refractivity contribution in [2.24, 2.45) is 5.73 Å². The average Bonchev–Trinajstić information content (AvgIpc) is 2.83. The summed E-state index contributed by atoms with van der Waals surface area (Å²) in [5, 5.41) is 5.82. The Balaban J connectivity index is 2.24. The number of benzene rings is 1. The second-order valence-corrected chi connectivity index (χ2v) is 3.80. The number of aryl methyl sites for hydroxylation is 1. The smallest absolute Gasteiger partial charge is 0.320 e. The first-order valence-corrected chi connectivity index (χ1v) is 5.70. The highest BCUT2D eigenvalue weighted by molar-refractivity contribution is 6.03. The Morgan fingerprint density at radius 2 is 2.35 bits per heavy atom. The molecule has 0 saturated heterocycles. The van der Waals surface area contributed by atoms with Crippen LogP contribution in [0.4, 0.5) is 10.4 Å². The van der Waals surface area contributed by atoms with Gasteiger partial charge in [-0.2, -0.15) is 4.98 Å². The van der Waals surface area contributed by atoms with Crippen LogP contribution in [0, 0.1) is 24.6 Å². The lowest BCUT2D eigenvalue weighted by Crippen LogP contribution is -2.14. The predicted octanol–water partition coefficient (Wildman–Crippen LogP) is 1.08. The first kappa shape index (κ1) is 13.7. The summed E-state index contributed by atoms with van der Waals surface area (Å²) in [6.07, 6.45) is 0. The van der Waals surface area contributed by atoms with Gasteiger partial charge in [-0.3, -0.25) is 10.1 Å². The van der Waals surface area contributed by atoms with E-state index >= 15 is 0 Å². The molecular formula is C13H11FN4O2. The lowest BCUT2D eigenvalue weighted by Gasteiger charge is -2.02. The quantitative estimate of drug-likeness (QED) is 0.799. The van der Waals surface area contributed by atoms with Gasteiger partial charge in [0.2, 0.25) is 0 Å². The number of carbonyl (C=O) groups excluding carboxylic acids is 1. The Morgan fingerprint density at radius 1 is 1.55 bits per heavy atom. The monoisotopic (exact) mass is 274 g/mol. The van der Waals surface area contributed by atoms with Crippen molar-refractivity contribution in [3.05, 3.63) is 41.0 Å². The van der Waals surface area contributed by atoms with Crippen LogP contribution in [0.25, 0.3) is 0 Å². The minimum Gasteiger partial charge on any atom is -0.320 e. The highest BCUT2D eigenvalue weighted by atomic mass is 19.1. The van der Waals surface area contributed by atoms with Gasteiger partial charge in [-0.25, -0.2) is 4.39 Å². The number of rotatable bonds is 2. The Hall–Kier alpha value is -2.72. The van der Waals surface area contributed by atoms with Gasteiger partial charge < -0.3 is 10.3 Å². The van der Waals surface area contributed by atoms with Crippen molar-refractivity contribution in [3.8, 4) is 11.8 Å². The highest BCUT2D eigenvalue weighted by Crippen LogP contribution is 2.12. The van der Waals surface area contributed by atoms with Crippen LogP contribution >= 0.6 is 0 Å². The number of aromatic nitrogens is 2. The molecule has 1 amide bonds. The van der Waals surface area contributed by atoms with Gasteiger partial charge in [0, 0.05) is 5.56 Å². The zero-order valence-electron chi connectivity index (χ0n) is 10.6. The molecule has 0 spiro atoms. The van der Waals surface area contributed by atoms with Gasteiger partial charge in [-0.1, -0.05) is 17.0 Å². The third-order valence-corrected chi connectivity index (χ3v) is 2.29. The van der Waals surface area contributed by atoms with E-state index in [1.54, 1.807) is 6.92 Å². The second kappa shape index (κ2) is 5.95. The summed E-state index contributed by atoms with van der Waals surface area (Å²) < 4.78 is 18.4. The molecule has 0 atom stereocenters. The molecule has 0 bridgehead atoms. The number of nitrogens with one attached hydrogen (secondary N) is 1. The fraction of sp³-hybridized carbons (Fsp3) is 0.154. The third kappa shape index (κ3) is 3.18. The van der Waals surface area contributed by atoms with Crippen LogP contribution in [0.5, 0.6) is 0 Å². The van der Waals surface area contributed by atoms with Crippen molar-refractivity contribution in [2.75, 3.05) is 11.9 Å². The van der Waals surface area contributed by atoms with Crippen molar-refractivity contribution in [1.29, 1.82) is 0 Å². The van der Waals surface area contributed by atoms with Crippen LogP contribution < -0.4 is 11.1 Å². The molecule has 3 N–H and O–H groups in total. The molecule has 0 aliphatic carbocycles. The van der Waals surface area contributed by atoms with Gasteiger partial charge in [0.15, 0.2) is 5.82 Å². The number of hydrogen-bond acceptors (Lipinski definition) is 5. The Morgan fingerprint density at radius 3 is 3.00 bits per heavy atom. The standard InChI is InChI=1S/C13H11FN4O2/c1-8-16-13(20-18-8)17-12(19)10-7-9(3-2-6-15)4-5-11(10)14/h4-5,7H,6,15H2,1H3,(H,16,17,18,19). The second-order valence-electron chi connectivity index (χ2n) is 3.80. The molecule has 0 aliphatic heterocycles. The molecule has 0 radical (unpaired) electrons. The molecule has 7 heteroatoms. The molecule has 0 unspecified atom stereocenters. The first-order chi connectivity index (χ1) is 9.60. The van der Waals surface area contributed by atoms with E-state index in [-0.39, 0.29) is 18.1 Å². The number of carbonyl (C=O) groups is 1. The summed E-state index contributed by atoms with van der Waals surface area (Å²) in [4.78, 5) is 15.7. The number of hydrogen-bond donors (Lipinski definition) is 2. The van der Waals surface area contributed by atoms with E-state index in [0.717, 1.165) is 6.07 Å². The van der Waals surface area contributed by atoms with Crippen LogP contribution in [0.2, 0.25) is 0 Å². The Bertz CT molecular complexity index is 700. The summed E-state index contributed by atoms with van der Waals surface area (Å²) in [6.45, 7) is 1.78. The van der Waals surface area contributed by atoms with Crippen LogP contribution in [0.15, 0.2) is 22.7 Å². The molecule has 20 heavy (non-hydrogen) atoms. The molecule has 1 aromatic heterocycles. The zero-order valence-corrected chi connectivity index (χ0v) is 10.6. The minimum atomic E-state index is -0.692. The maximum absolute atomic E-state index is 13.6. The highest BCUT2D eigenvalue weighted by Gasteiger charge is 2.15. The van der Waals surface area contributed by atoms with E-state index in [0.29, 0.717) is 11.4 Å². The summed E-state index contributed by atoms with van der Waals surface area (Å²) in [6, 6.07) is 3.86. The normalized spacial score (nSPS) is 9.75. The summed E-state index contributed by atoms with van der Waals surface area (Å²) in [7, 11) is 0. The molecule has 1 heterocycles. The molecule has 2 aromatic rings. The topological polar surface area (TPSA) is 94.0 Å². The molecule has 0 saturated carbocycles. The van der Waals surface area contributed by atoms with Crippen molar-refractivity contribution in [3.63, 3.8) is 0 Å². The number of anilines is 1. The third-order valence-electron chi connectivity index (χ3n) is 2.29. The van der Waals surface area contributed by atoms with E-state index in [1.165, 1.54) is 12.1 Å². The lowest BCUT2D eigenvalue weighted by atomic mass is 10.1. The first-order valence-electron chi connectivity index (χ1n) is 5.70. The van der Waals surface area contributed by atoms with E-state index in [2.05, 4.69) is 27.3 Å². The molecular weight excluding hydrogens is 263 g/mol. The average molecular weight is 274 g/mol. The number of halogens is 1. The van der Waals surface area contributed by atoms with Gasteiger partial charge in [-0.05, 0) is 25.1 Å². The maximum Gasteiger partial charge on any atom is 0.328 e. The number of nitrogens with zero attached hydrogens (tertiary/aromatic N) is 2. The van der Waals surface area contributed by atoms with E-state index in [9.17, 15) is 9.18 Å². The van der Waals surface area contributed by atoms with E-state index in [1.807, 2.05) is 0 Å². The summed E-state index contributed by atoms with van der Waals surface area (Å²) in [5.41, 5.74) is 5.58. The van der Waals surface area contributed by atoms with Gasteiger partial charge in [-0.15, -0.1) is 0 Å². The lowest BCUT2D eigenvalue weighted by molar-refractivity contribution is 0.101. The fourth-order valence-electron chi connectivity index (χ4n) is 1.44. The van der Waals surface area contributed by atoms with E-state index < -0.39 is 11.7 Å². The number of amides is 1.